The summed E-state index contributed by atoms with van der Waals surface area (Å²) in [6.07, 6.45) is 1.45. The zero-order valence-corrected chi connectivity index (χ0v) is 8.77. The van der Waals surface area contributed by atoms with Gasteiger partial charge < -0.3 is 19.1 Å². The Kier molecular flexibility index (Phi) is 1.62. The van der Waals surface area contributed by atoms with Crippen molar-refractivity contribution in [1.29, 1.82) is 0 Å². The summed E-state index contributed by atoms with van der Waals surface area (Å²) in [4.78, 5) is 4.26. The largest absolute Gasteiger partial charge is 0.443 e. The van der Waals surface area contributed by atoms with Crippen molar-refractivity contribution in [1.82, 2.24) is 10.1 Å². The Bertz CT molecular complexity index is 643. The van der Waals surface area contributed by atoms with Gasteiger partial charge in [-0.3, -0.25) is 0 Å². The molecule has 0 atom stereocenters. The summed E-state index contributed by atoms with van der Waals surface area (Å²) < 4.78 is 15.5. The van der Waals surface area contributed by atoms with Gasteiger partial charge in [-0.1, -0.05) is 5.16 Å². The zero-order valence-electron chi connectivity index (χ0n) is 8.77. The van der Waals surface area contributed by atoms with Crippen LogP contribution in [0.5, 0.6) is 0 Å². The minimum atomic E-state index is 0.223. The van der Waals surface area contributed by atoms with E-state index in [4.69, 9.17) is 19.1 Å². The summed E-state index contributed by atoms with van der Waals surface area (Å²) in [5, 5.41) is 3.84. The van der Waals surface area contributed by atoms with Gasteiger partial charge in [-0.2, -0.15) is 0 Å². The van der Waals surface area contributed by atoms with Crippen molar-refractivity contribution in [2.45, 2.75) is 13.8 Å². The molecule has 82 valence electrons. The van der Waals surface area contributed by atoms with Crippen molar-refractivity contribution >= 4 is 17.0 Å². The van der Waals surface area contributed by atoms with E-state index in [-0.39, 0.29) is 5.88 Å². The lowest BCUT2D eigenvalue weighted by Gasteiger charge is -1.91. The highest BCUT2D eigenvalue weighted by Gasteiger charge is 2.19. The molecule has 3 rings (SSSR count). The van der Waals surface area contributed by atoms with Crippen LogP contribution in [-0.4, -0.2) is 10.1 Å². The van der Waals surface area contributed by atoms with Crippen LogP contribution in [-0.2, 0) is 0 Å². The minimum Gasteiger partial charge on any atom is -0.443 e. The first-order chi connectivity index (χ1) is 7.66. The number of nitrogens with two attached hydrogens (primary N) is 1. The molecule has 2 N–H and O–H groups in total. The van der Waals surface area contributed by atoms with E-state index in [1.165, 1.54) is 6.26 Å². The highest BCUT2D eigenvalue weighted by atomic mass is 16.5. The number of aryl methyl sites for hydroxylation is 2. The van der Waals surface area contributed by atoms with Crippen LogP contribution in [0.1, 0.15) is 11.5 Å². The lowest BCUT2D eigenvalue weighted by Crippen LogP contribution is -1.81. The summed E-state index contributed by atoms with van der Waals surface area (Å²) in [5.41, 5.74) is 8.12. The number of hydrogen-bond acceptors (Lipinski definition) is 6. The molecule has 0 bridgehead atoms. The van der Waals surface area contributed by atoms with Gasteiger partial charge in [0.2, 0.25) is 17.4 Å². The molecule has 0 aliphatic rings. The van der Waals surface area contributed by atoms with Gasteiger partial charge in [-0.05, 0) is 13.8 Å². The van der Waals surface area contributed by atoms with Crippen molar-refractivity contribution in [3.05, 3.63) is 17.7 Å². The summed E-state index contributed by atoms with van der Waals surface area (Å²) in [6, 6.07) is 0. The molecular formula is C10H9N3O3. The predicted octanol–water partition coefficient (Wildman–Crippen LogP) is 2.27. The average Bonchev–Trinajstić information content (AvgIpc) is 2.86. The van der Waals surface area contributed by atoms with Crippen molar-refractivity contribution in [2.75, 3.05) is 5.73 Å². The number of rotatable bonds is 1. The van der Waals surface area contributed by atoms with Crippen LogP contribution in [0.25, 0.3) is 22.6 Å². The Labute approximate surface area is 90.0 Å². The van der Waals surface area contributed by atoms with E-state index < -0.39 is 0 Å². The first kappa shape index (κ1) is 9.02. The fourth-order valence-electron chi connectivity index (χ4n) is 1.66. The number of furan rings is 1. The molecule has 0 aliphatic carbocycles. The van der Waals surface area contributed by atoms with E-state index in [0.717, 1.165) is 11.3 Å². The predicted molar refractivity (Wildman–Crippen MR) is 55.7 cm³/mol. The zero-order chi connectivity index (χ0) is 11.3. The van der Waals surface area contributed by atoms with E-state index in [0.29, 0.717) is 22.8 Å². The molecule has 0 unspecified atom stereocenters. The molecule has 3 aromatic heterocycles. The van der Waals surface area contributed by atoms with Crippen LogP contribution in [0.3, 0.4) is 0 Å². The van der Waals surface area contributed by atoms with E-state index in [1.54, 1.807) is 6.92 Å². The SMILES string of the molecule is Cc1noc(C)c1-c1nc2coc(N)c2o1. The highest BCUT2D eigenvalue weighted by Crippen LogP contribution is 2.32. The topological polar surface area (TPSA) is 91.2 Å². The Morgan fingerprint density at radius 2 is 2.12 bits per heavy atom. The van der Waals surface area contributed by atoms with Crippen LogP contribution in [0.4, 0.5) is 5.88 Å². The summed E-state index contributed by atoms with van der Waals surface area (Å²) in [7, 11) is 0. The summed E-state index contributed by atoms with van der Waals surface area (Å²) >= 11 is 0. The maximum Gasteiger partial charge on any atom is 0.236 e. The molecule has 16 heavy (non-hydrogen) atoms. The second-order valence-electron chi connectivity index (χ2n) is 3.53. The smallest absolute Gasteiger partial charge is 0.236 e. The van der Waals surface area contributed by atoms with Crippen molar-refractivity contribution < 1.29 is 13.4 Å². The molecule has 3 aromatic rings. The lowest BCUT2D eigenvalue weighted by molar-refractivity contribution is 0.393. The Hall–Kier alpha value is -2.24. The van der Waals surface area contributed by atoms with Gasteiger partial charge in [0.15, 0.2) is 5.52 Å². The molecular weight excluding hydrogens is 210 g/mol. The third-order valence-electron chi connectivity index (χ3n) is 2.42. The van der Waals surface area contributed by atoms with Gasteiger partial charge >= 0.3 is 0 Å². The number of anilines is 1. The third-order valence-corrected chi connectivity index (χ3v) is 2.42. The van der Waals surface area contributed by atoms with Crippen LogP contribution in [0, 0.1) is 13.8 Å². The number of fused-ring (bicyclic) bond motifs is 1. The molecule has 6 heteroatoms. The van der Waals surface area contributed by atoms with Gasteiger partial charge in [0.25, 0.3) is 0 Å². The molecule has 0 saturated heterocycles. The van der Waals surface area contributed by atoms with Gasteiger partial charge in [0.05, 0.1) is 5.69 Å². The van der Waals surface area contributed by atoms with Gasteiger partial charge in [0.1, 0.15) is 17.6 Å². The minimum absolute atomic E-state index is 0.223. The summed E-state index contributed by atoms with van der Waals surface area (Å²) in [5.74, 6) is 1.33. The second-order valence-corrected chi connectivity index (χ2v) is 3.53. The number of oxazole rings is 1. The van der Waals surface area contributed by atoms with Crippen LogP contribution >= 0.6 is 0 Å². The van der Waals surface area contributed by atoms with Crippen LogP contribution in [0.2, 0.25) is 0 Å². The third kappa shape index (κ3) is 1.06. The molecule has 3 heterocycles. The Morgan fingerprint density at radius 3 is 2.75 bits per heavy atom. The van der Waals surface area contributed by atoms with E-state index in [1.807, 2.05) is 6.92 Å². The fourth-order valence-corrected chi connectivity index (χ4v) is 1.66. The van der Waals surface area contributed by atoms with Crippen LogP contribution < -0.4 is 5.73 Å². The van der Waals surface area contributed by atoms with Crippen molar-refractivity contribution in [3.63, 3.8) is 0 Å². The maximum absolute atomic E-state index is 5.58. The maximum atomic E-state index is 5.58. The van der Waals surface area contributed by atoms with Gasteiger partial charge in [-0.25, -0.2) is 4.98 Å². The molecule has 6 nitrogen and oxygen atoms in total. The number of nitrogens with zero attached hydrogens (tertiary/aromatic N) is 2. The number of aromatic nitrogens is 2. The quantitative estimate of drug-likeness (QED) is 0.675. The van der Waals surface area contributed by atoms with E-state index in [9.17, 15) is 0 Å². The molecule has 0 spiro atoms. The highest BCUT2D eigenvalue weighted by molar-refractivity contribution is 5.84. The first-order valence-electron chi connectivity index (χ1n) is 4.73. The monoisotopic (exact) mass is 219 g/mol. The van der Waals surface area contributed by atoms with E-state index >= 15 is 0 Å². The summed E-state index contributed by atoms with van der Waals surface area (Å²) in [6.45, 7) is 3.63. The lowest BCUT2D eigenvalue weighted by atomic mass is 10.2. The van der Waals surface area contributed by atoms with Crippen molar-refractivity contribution in [3.8, 4) is 11.5 Å². The number of hydrogen-bond donors (Lipinski definition) is 1. The standard InChI is InChI=1S/C10H9N3O3/c1-4-7(5(2)16-13-4)10-12-6-3-14-9(11)8(6)15-10/h3H,11H2,1-2H3. The second kappa shape index (κ2) is 2.88. The first-order valence-corrected chi connectivity index (χ1v) is 4.73. The molecule has 0 aliphatic heterocycles. The van der Waals surface area contributed by atoms with E-state index in [2.05, 4.69) is 10.1 Å². The Morgan fingerprint density at radius 1 is 1.31 bits per heavy atom. The van der Waals surface area contributed by atoms with Gasteiger partial charge in [0, 0.05) is 0 Å². The van der Waals surface area contributed by atoms with Gasteiger partial charge in [-0.15, -0.1) is 0 Å². The molecule has 0 fully saturated rings. The van der Waals surface area contributed by atoms with Crippen LogP contribution in [0.15, 0.2) is 19.6 Å². The van der Waals surface area contributed by atoms with Crippen molar-refractivity contribution in [2.24, 2.45) is 0 Å². The normalized spacial score (nSPS) is 11.4. The number of nitrogen functional groups attached to an aromatic ring is 1. The Balaban J connectivity index is 2.26. The molecule has 0 saturated carbocycles. The molecule has 0 aromatic carbocycles. The average molecular weight is 219 g/mol. The molecule has 0 amide bonds. The fraction of sp³-hybridized carbons (Fsp3) is 0.200. The molecule has 0 radical (unpaired) electrons.